The second kappa shape index (κ2) is 10.2. The van der Waals surface area contributed by atoms with Crippen LogP contribution < -0.4 is 5.32 Å². The summed E-state index contributed by atoms with van der Waals surface area (Å²) in [5, 5.41) is 4.18. The fourth-order valence-electron chi connectivity index (χ4n) is 1.91. The monoisotopic (exact) mass is 285 g/mol. The third-order valence-electron chi connectivity index (χ3n) is 3.02. The Morgan fingerprint density at radius 3 is 2.53 bits per heavy atom. The van der Waals surface area contributed by atoms with Crippen LogP contribution in [0.25, 0.3) is 0 Å². The first-order chi connectivity index (χ1) is 9.27. The summed E-state index contributed by atoms with van der Waals surface area (Å²) in [6.07, 6.45) is 0.998. The van der Waals surface area contributed by atoms with Crippen molar-refractivity contribution in [3.63, 3.8) is 0 Å². The van der Waals surface area contributed by atoms with Crippen molar-refractivity contribution in [1.29, 1.82) is 0 Å². The van der Waals surface area contributed by atoms with Gasteiger partial charge in [-0.15, -0.1) is 0 Å². The molecule has 0 amide bonds. The molecule has 0 aliphatic heterocycles. The first kappa shape index (κ1) is 16.4. The highest BCUT2D eigenvalue weighted by atomic mass is 35.5. The maximum atomic E-state index is 5.93. The van der Waals surface area contributed by atoms with E-state index >= 15 is 0 Å². The number of hydrogen-bond acceptors (Lipinski definition) is 3. The Morgan fingerprint density at radius 2 is 1.89 bits per heavy atom. The highest BCUT2D eigenvalue weighted by Gasteiger charge is 2.11. The molecule has 0 aliphatic carbocycles. The third-order valence-corrected chi connectivity index (χ3v) is 3.28. The maximum absolute atomic E-state index is 5.93. The molecule has 4 heteroatoms. The Kier molecular flexibility index (Phi) is 8.84. The van der Waals surface area contributed by atoms with Gasteiger partial charge in [0.25, 0.3) is 0 Å². The summed E-state index contributed by atoms with van der Waals surface area (Å²) in [5.74, 6) is 0.458. The fourth-order valence-corrected chi connectivity index (χ4v) is 2.04. The molecule has 0 bridgehead atoms. The van der Waals surface area contributed by atoms with Crippen LogP contribution in [0, 0.1) is 0 Å². The summed E-state index contributed by atoms with van der Waals surface area (Å²) in [6.45, 7) is 6.13. The Balaban J connectivity index is 2.44. The predicted octanol–water partition coefficient (Wildman–Crippen LogP) is 3.09. The average molecular weight is 286 g/mol. The number of hydrogen-bond donors (Lipinski definition) is 1. The van der Waals surface area contributed by atoms with Gasteiger partial charge in [-0.25, -0.2) is 0 Å². The van der Waals surface area contributed by atoms with E-state index in [1.165, 1.54) is 5.56 Å². The highest BCUT2D eigenvalue weighted by molar-refractivity contribution is 6.30. The van der Waals surface area contributed by atoms with Gasteiger partial charge in [0, 0.05) is 25.3 Å². The number of halogens is 1. The SMILES string of the molecule is CCNCC(CCOCCOC)c1ccc(Cl)cc1. The van der Waals surface area contributed by atoms with Crippen LogP contribution in [0.15, 0.2) is 24.3 Å². The van der Waals surface area contributed by atoms with Crippen molar-refractivity contribution >= 4 is 11.6 Å². The molecule has 0 saturated heterocycles. The van der Waals surface area contributed by atoms with Crippen LogP contribution in [0.2, 0.25) is 5.02 Å². The molecule has 19 heavy (non-hydrogen) atoms. The summed E-state index contributed by atoms with van der Waals surface area (Å²) in [6, 6.07) is 8.09. The largest absolute Gasteiger partial charge is 0.382 e. The number of ether oxygens (including phenoxy) is 2. The smallest absolute Gasteiger partial charge is 0.0700 e. The molecule has 1 aromatic rings. The lowest BCUT2D eigenvalue weighted by molar-refractivity contribution is 0.0670. The summed E-state index contributed by atoms with van der Waals surface area (Å²) in [5.41, 5.74) is 1.31. The molecule has 0 radical (unpaired) electrons. The standard InChI is InChI=1S/C15H24ClNO2/c1-3-17-12-14(8-9-19-11-10-18-2)13-4-6-15(16)7-5-13/h4-7,14,17H,3,8-12H2,1-2H3. The van der Waals surface area contributed by atoms with E-state index in [-0.39, 0.29) is 0 Å². The van der Waals surface area contributed by atoms with E-state index in [4.69, 9.17) is 21.1 Å². The zero-order valence-electron chi connectivity index (χ0n) is 11.8. The van der Waals surface area contributed by atoms with Crippen LogP contribution in [0.5, 0.6) is 0 Å². The fraction of sp³-hybridized carbons (Fsp3) is 0.600. The molecule has 0 spiro atoms. The van der Waals surface area contributed by atoms with Gasteiger partial charge in [-0.2, -0.15) is 0 Å². The number of likely N-dealkylation sites (N-methyl/N-ethyl adjacent to an activating group) is 1. The van der Waals surface area contributed by atoms with Crippen LogP contribution >= 0.6 is 11.6 Å². The van der Waals surface area contributed by atoms with Gasteiger partial charge in [0.2, 0.25) is 0 Å². The highest BCUT2D eigenvalue weighted by Crippen LogP contribution is 2.21. The zero-order chi connectivity index (χ0) is 13.9. The van der Waals surface area contributed by atoms with E-state index in [0.717, 1.165) is 31.1 Å². The van der Waals surface area contributed by atoms with E-state index in [1.54, 1.807) is 7.11 Å². The second-order valence-corrected chi connectivity index (χ2v) is 4.89. The second-order valence-electron chi connectivity index (χ2n) is 4.45. The van der Waals surface area contributed by atoms with E-state index in [0.29, 0.717) is 19.1 Å². The minimum Gasteiger partial charge on any atom is -0.382 e. The molecule has 1 rings (SSSR count). The topological polar surface area (TPSA) is 30.5 Å². The quantitative estimate of drug-likeness (QED) is 0.670. The summed E-state index contributed by atoms with van der Waals surface area (Å²) in [7, 11) is 1.69. The normalized spacial score (nSPS) is 12.6. The van der Waals surface area contributed by atoms with Gasteiger partial charge < -0.3 is 14.8 Å². The average Bonchev–Trinajstić information content (AvgIpc) is 2.43. The van der Waals surface area contributed by atoms with Gasteiger partial charge in [0.1, 0.15) is 0 Å². The van der Waals surface area contributed by atoms with Crippen LogP contribution in [-0.2, 0) is 9.47 Å². The molecule has 1 aromatic carbocycles. The first-order valence-electron chi connectivity index (χ1n) is 6.80. The van der Waals surface area contributed by atoms with Crippen molar-refractivity contribution in [2.45, 2.75) is 19.3 Å². The van der Waals surface area contributed by atoms with Gasteiger partial charge in [0.05, 0.1) is 13.2 Å². The van der Waals surface area contributed by atoms with Crippen molar-refractivity contribution in [1.82, 2.24) is 5.32 Å². The van der Waals surface area contributed by atoms with Crippen LogP contribution in [-0.4, -0.2) is 40.0 Å². The Bertz CT molecular complexity index is 329. The van der Waals surface area contributed by atoms with Crippen molar-refractivity contribution < 1.29 is 9.47 Å². The molecule has 3 nitrogen and oxygen atoms in total. The minimum atomic E-state index is 0.458. The Labute approximate surface area is 121 Å². The molecular formula is C15H24ClNO2. The van der Waals surface area contributed by atoms with Gasteiger partial charge in [-0.3, -0.25) is 0 Å². The molecule has 0 heterocycles. The van der Waals surface area contributed by atoms with Gasteiger partial charge >= 0.3 is 0 Å². The number of rotatable bonds is 10. The van der Waals surface area contributed by atoms with Crippen LogP contribution in [0.1, 0.15) is 24.8 Å². The lowest BCUT2D eigenvalue weighted by Crippen LogP contribution is -2.22. The summed E-state index contributed by atoms with van der Waals surface area (Å²) in [4.78, 5) is 0. The van der Waals surface area contributed by atoms with Crippen molar-refractivity contribution in [3.05, 3.63) is 34.9 Å². The number of benzene rings is 1. The summed E-state index contributed by atoms with van der Waals surface area (Å²) < 4.78 is 10.5. The Morgan fingerprint density at radius 1 is 1.16 bits per heavy atom. The number of nitrogens with one attached hydrogen (secondary N) is 1. The molecular weight excluding hydrogens is 262 g/mol. The predicted molar refractivity (Wildman–Crippen MR) is 80.0 cm³/mol. The van der Waals surface area contributed by atoms with Gasteiger partial charge in [0.15, 0.2) is 0 Å². The molecule has 0 fully saturated rings. The van der Waals surface area contributed by atoms with Crippen molar-refractivity contribution in [3.8, 4) is 0 Å². The van der Waals surface area contributed by atoms with Gasteiger partial charge in [-0.1, -0.05) is 30.7 Å². The van der Waals surface area contributed by atoms with Crippen molar-refractivity contribution in [2.24, 2.45) is 0 Å². The molecule has 0 aliphatic rings. The van der Waals surface area contributed by atoms with E-state index in [1.807, 2.05) is 12.1 Å². The lowest BCUT2D eigenvalue weighted by Gasteiger charge is -2.18. The first-order valence-corrected chi connectivity index (χ1v) is 7.18. The molecule has 1 unspecified atom stereocenters. The van der Waals surface area contributed by atoms with Gasteiger partial charge in [-0.05, 0) is 36.6 Å². The molecule has 1 atom stereocenters. The third kappa shape index (κ3) is 6.92. The molecule has 0 aromatic heterocycles. The molecule has 0 saturated carbocycles. The number of methoxy groups -OCH3 is 1. The van der Waals surface area contributed by atoms with E-state index in [9.17, 15) is 0 Å². The lowest BCUT2D eigenvalue weighted by atomic mass is 9.96. The minimum absolute atomic E-state index is 0.458. The molecule has 108 valence electrons. The molecule has 1 N–H and O–H groups in total. The maximum Gasteiger partial charge on any atom is 0.0700 e. The van der Waals surface area contributed by atoms with Crippen LogP contribution in [0.4, 0.5) is 0 Å². The van der Waals surface area contributed by atoms with Crippen molar-refractivity contribution in [2.75, 3.05) is 40.0 Å². The Hall–Kier alpha value is -0.610. The zero-order valence-corrected chi connectivity index (χ0v) is 12.6. The van der Waals surface area contributed by atoms with E-state index in [2.05, 4.69) is 24.4 Å². The van der Waals surface area contributed by atoms with E-state index < -0.39 is 0 Å². The van der Waals surface area contributed by atoms with Crippen LogP contribution in [0.3, 0.4) is 0 Å². The summed E-state index contributed by atoms with van der Waals surface area (Å²) >= 11 is 5.93.